The second-order valence-corrected chi connectivity index (χ2v) is 6.64. The summed E-state index contributed by atoms with van der Waals surface area (Å²) < 4.78 is 27.1. The lowest BCUT2D eigenvalue weighted by molar-refractivity contribution is 0.0697. The first kappa shape index (κ1) is 17.5. The average Bonchev–Trinajstić information content (AvgIpc) is 2.61. The fraction of sp³-hybridized carbons (Fsp3) is 0.350. The molecule has 25 heavy (non-hydrogen) atoms. The molecule has 1 saturated heterocycles. The summed E-state index contributed by atoms with van der Waals surface area (Å²) in [6, 6.07) is 11.3. The number of carbonyl (C=O) groups is 1. The first-order chi connectivity index (χ1) is 12.0. The van der Waals surface area contributed by atoms with Crippen molar-refractivity contribution in [2.45, 2.75) is 25.8 Å². The summed E-state index contributed by atoms with van der Waals surface area (Å²) in [5.41, 5.74) is 1.84. The zero-order valence-corrected chi connectivity index (χ0v) is 13.9. The van der Waals surface area contributed by atoms with E-state index >= 15 is 0 Å². The Labute approximate surface area is 145 Å². The summed E-state index contributed by atoms with van der Waals surface area (Å²) in [5, 5.41) is 8.92. The molecule has 1 fully saturated rings. The standard InChI is InChI=1S/C20H21F2NO2/c21-18-3-1-2-17(19(18)22)12-14-8-10-23(11-9-14)13-15-4-6-16(7-5-15)20(24)25/h1-7,14H,8-13H2,(H,24,25). The predicted octanol–water partition coefficient (Wildman–Crippen LogP) is 4.12. The van der Waals surface area contributed by atoms with Crippen LogP contribution in [0.3, 0.4) is 0 Å². The Hall–Kier alpha value is -2.27. The van der Waals surface area contributed by atoms with Gasteiger partial charge in [0.25, 0.3) is 0 Å². The molecule has 132 valence electrons. The van der Waals surface area contributed by atoms with Gasteiger partial charge < -0.3 is 5.11 Å². The van der Waals surface area contributed by atoms with Crippen molar-refractivity contribution in [3.63, 3.8) is 0 Å². The number of rotatable bonds is 5. The van der Waals surface area contributed by atoms with Crippen LogP contribution < -0.4 is 0 Å². The summed E-state index contributed by atoms with van der Waals surface area (Å²) in [6.45, 7) is 2.59. The molecule has 1 aliphatic heterocycles. The molecular formula is C20H21F2NO2. The fourth-order valence-corrected chi connectivity index (χ4v) is 3.38. The van der Waals surface area contributed by atoms with Crippen LogP contribution in [0.2, 0.25) is 0 Å². The van der Waals surface area contributed by atoms with E-state index in [9.17, 15) is 13.6 Å². The lowest BCUT2D eigenvalue weighted by Crippen LogP contribution is -2.34. The summed E-state index contributed by atoms with van der Waals surface area (Å²) >= 11 is 0. The number of benzene rings is 2. The molecule has 3 rings (SSSR count). The van der Waals surface area contributed by atoms with Crippen LogP contribution in [-0.2, 0) is 13.0 Å². The highest BCUT2D eigenvalue weighted by Crippen LogP contribution is 2.24. The second-order valence-electron chi connectivity index (χ2n) is 6.64. The lowest BCUT2D eigenvalue weighted by atomic mass is 9.89. The Bertz CT molecular complexity index is 738. The van der Waals surface area contributed by atoms with E-state index in [0.717, 1.165) is 44.1 Å². The van der Waals surface area contributed by atoms with Crippen LogP contribution in [0.25, 0.3) is 0 Å². The van der Waals surface area contributed by atoms with Gasteiger partial charge in [-0.3, -0.25) is 4.90 Å². The van der Waals surface area contributed by atoms with Crippen LogP contribution in [0.15, 0.2) is 42.5 Å². The number of aromatic carboxylic acids is 1. The largest absolute Gasteiger partial charge is 0.478 e. The minimum absolute atomic E-state index is 0.291. The van der Waals surface area contributed by atoms with E-state index in [4.69, 9.17) is 5.11 Å². The zero-order chi connectivity index (χ0) is 17.8. The highest BCUT2D eigenvalue weighted by molar-refractivity contribution is 5.87. The van der Waals surface area contributed by atoms with E-state index in [1.165, 1.54) is 0 Å². The fourth-order valence-electron chi connectivity index (χ4n) is 3.38. The third-order valence-corrected chi connectivity index (χ3v) is 4.85. The van der Waals surface area contributed by atoms with Gasteiger partial charge in [0.1, 0.15) is 0 Å². The number of carboxylic acid groups (broad SMARTS) is 1. The van der Waals surface area contributed by atoms with Crippen LogP contribution >= 0.6 is 0 Å². The molecule has 0 unspecified atom stereocenters. The van der Waals surface area contributed by atoms with Crippen molar-refractivity contribution in [2.75, 3.05) is 13.1 Å². The second kappa shape index (κ2) is 7.74. The van der Waals surface area contributed by atoms with Gasteiger partial charge >= 0.3 is 5.97 Å². The number of hydrogen-bond donors (Lipinski definition) is 1. The van der Waals surface area contributed by atoms with Crippen LogP contribution in [0.4, 0.5) is 8.78 Å². The first-order valence-electron chi connectivity index (χ1n) is 8.50. The van der Waals surface area contributed by atoms with Gasteiger partial charge in [0.15, 0.2) is 11.6 Å². The van der Waals surface area contributed by atoms with Crippen molar-refractivity contribution < 1.29 is 18.7 Å². The Kier molecular flexibility index (Phi) is 5.43. The molecule has 0 aliphatic carbocycles. The van der Waals surface area contributed by atoms with Crippen LogP contribution in [0.5, 0.6) is 0 Å². The SMILES string of the molecule is O=C(O)c1ccc(CN2CCC(Cc3cccc(F)c3F)CC2)cc1. The first-order valence-corrected chi connectivity index (χ1v) is 8.50. The van der Waals surface area contributed by atoms with Crippen molar-refractivity contribution in [2.24, 2.45) is 5.92 Å². The minimum Gasteiger partial charge on any atom is -0.478 e. The van der Waals surface area contributed by atoms with Crippen LogP contribution in [0, 0.1) is 17.6 Å². The minimum atomic E-state index is -0.919. The molecule has 2 aromatic rings. The Morgan fingerprint density at radius 3 is 2.40 bits per heavy atom. The van der Waals surface area contributed by atoms with Gasteiger partial charge in [0.2, 0.25) is 0 Å². The van der Waals surface area contributed by atoms with E-state index in [2.05, 4.69) is 4.90 Å². The van der Waals surface area contributed by atoms with Gasteiger partial charge in [-0.15, -0.1) is 0 Å². The van der Waals surface area contributed by atoms with Gasteiger partial charge in [-0.05, 0) is 67.6 Å². The van der Waals surface area contributed by atoms with Crippen molar-refractivity contribution in [1.29, 1.82) is 0 Å². The lowest BCUT2D eigenvalue weighted by Gasteiger charge is -2.32. The molecule has 0 spiro atoms. The van der Waals surface area contributed by atoms with Gasteiger partial charge in [-0.2, -0.15) is 0 Å². The highest BCUT2D eigenvalue weighted by Gasteiger charge is 2.21. The van der Waals surface area contributed by atoms with E-state index in [0.29, 0.717) is 23.5 Å². The Morgan fingerprint density at radius 1 is 1.08 bits per heavy atom. The van der Waals surface area contributed by atoms with E-state index in [1.807, 2.05) is 12.1 Å². The third kappa shape index (κ3) is 4.42. The molecule has 0 atom stereocenters. The average molecular weight is 345 g/mol. The Morgan fingerprint density at radius 2 is 1.76 bits per heavy atom. The number of hydrogen-bond acceptors (Lipinski definition) is 2. The van der Waals surface area contributed by atoms with E-state index < -0.39 is 17.6 Å². The summed E-state index contributed by atoms with van der Waals surface area (Å²) in [6.07, 6.45) is 2.47. The number of halogens is 2. The third-order valence-electron chi connectivity index (χ3n) is 4.85. The molecule has 1 heterocycles. The van der Waals surface area contributed by atoms with Gasteiger partial charge in [0, 0.05) is 6.54 Å². The molecule has 0 radical (unpaired) electrons. The van der Waals surface area contributed by atoms with Gasteiger partial charge in [0.05, 0.1) is 5.56 Å². The molecule has 0 amide bonds. The molecular weight excluding hydrogens is 324 g/mol. The van der Waals surface area contributed by atoms with Crippen molar-refractivity contribution in [3.05, 3.63) is 70.8 Å². The number of piperidine rings is 1. The van der Waals surface area contributed by atoms with Crippen molar-refractivity contribution >= 4 is 5.97 Å². The monoisotopic (exact) mass is 345 g/mol. The summed E-state index contributed by atoms with van der Waals surface area (Å²) in [4.78, 5) is 13.2. The van der Waals surface area contributed by atoms with Crippen molar-refractivity contribution in [3.8, 4) is 0 Å². The van der Waals surface area contributed by atoms with Gasteiger partial charge in [-0.1, -0.05) is 24.3 Å². The van der Waals surface area contributed by atoms with Gasteiger partial charge in [-0.25, -0.2) is 13.6 Å². The summed E-state index contributed by atoms with van der Waals surface area (Å²) in [5.74, 6) is -2.05. The number of nitrogens with zero attached hydrogens (tertiary/aromatic N) is 1. The van der Waals surface area contributed by atoms with E-state index in [-0.39, 0.29) is 0 Å². The van der Waals surface area contributed by atoms with Crippen LogP contribution in [-0.4, -0.2) is 29.1 Å². The predicted molar refractivity (Wildman–Crippen MR) is 91.5 cm³/mol. The van der Waals surface area contributed by atoms with E-state index in [1.54, 1.807) is 24.3 Å². The topological polar surface area (TPSA) is 40.5 Å². The summed E-state index contributed by atoms with van der Waals surface area (Å²) in [7, 11) is 0. The molecule has 0 bridgehead atoms. The maximum atomic E-state index is 13.8. The smallest absolute Gasteiger partial charge is 0.335 e. The quantitative estimate of drug-likeness (QED) is 0.886. The normalized spacial score (nSPS) is 16.1. The highest BCUT2D eigenvalue weighted by atomic mass is 19.2. The zero-order valence-electron chi connectivity index (χ0n) is 13.9. The molecule has 5 heteroatoms. The number of carboxylic acids is 1. The molecule has 0 saturated carbocycles. The maximum absolute atomic E-state index is 13.8. The maximum Gasteiger partial charge on any atom is 0.335 e. The van der Waals surface area contributed by atoms with Crippen molar-refractivity contribution in [1.82, 2.24) is 4.90 Å². The number of likely N-dealkylation sites (tertiary alicyclic amines) is 1. The molecule has 3 nitrogen and oxygen atoms in total. The molecule has 0 aromatic heterocycles. The Balaban J connectivity index is 1.51. The molecule has 2 aromatic carbocycles. The molecule has 1 aliphatic rings. The van der Waals surface area contributed by atoms with Crippen LogP contribution in [0.1, 0.15) is 34.3 Å². The molecule has 1 N–H and O–H groups in total.